The first kappa shape index (κ1) is 17.3. The molecule has 0 atom stereocenters. The quantitative estimate of drug-likeness (QED) is 0.784. The van der Waals surface area contributed by atoms with Gasteiger partial charge in [0.1, 0.15) is 4.90 Å². The van der Waals surface area contributed by atoms with Gasteiger partial charge in [-0.15, -0.1) is 0 Å². The first-order valence-corrected chi connectivity index (χ1v) is 8.73. The molecule has 0 amide bonds. The fraction of sp³-hybridized carbons (Fsp3) is 0.571. The van der Waals surface area contributed by atoms with Crippen molar-refractivity contribution >= 4 is 27.3 Å². The largest absolute Gasteiger partial charge is 0.398 e. The summed E-state index contributed by atoms with van der Waals surface area (Å²) in [6.45, 7) is 6.94. The summed E-state index contributed by atoms with van der Waals surface area (Å²) in [7, 11) is -3.56. The Kier molecular flexibility index (Phi) is 6.30. The molecule has 4 nitrogen and oxygen atoms in total. The van der Waals surface area contributed by atoms with E-state index in [1.54, 1.807) is 6.07 Å². The number of nitrogens with zero attached hydrogens (tertiary/aromatic N) is 1. The van der Waals surface area contributed by atoms with Crippen molar-refractivity contribution in [3.8, 4) is 0 Å². The van der Waals surface area contributed by atoms with Gasteiger partial charge in [0.2, 0.25) is 10.0 Å². The lowest BCUT2D eigenvalue weighted by Crippen LogP contribution is -2.35. The monoisotopic (exact) mass is 318 g/mol. The molecule has 0 radical (unpaired) electrons. The van der Waals surface area contributed by atoms with E-state index in [0.29, 0.717) is 24.0 Å². The Labute approximate surface area is 127 Å². The maximum Gasteiger partial charge on any atom is 0.245 e. The first-order valence-electron chi connectivity index (χ1n) is 6.91. The van der Waals surface area contributed by atoms with Gasteiger partial charge in [-0.3, -0.25) is 0 Å². The fourth-order valence-electron chi connectivity index (χ4n) is 2.13. The Bertz CT molecular complexity index is 542. The second-order valence-electron chi connectivity index (χ2n) is 4.82. The van der Waals surface area contributed by atoms with E-state index in [0.717, 1.165) is 12.8 Å². The third-order valence-electron chi connectivity index (χ3n) is 3.56. The number of rotatable bonds is 7. The summed E-state index contributed by atoms with van der Waals surface area (Å²) < 4.78 is 26.8. The van der Waals surface area contributed by atoms with Crippen LogP contribution in [0.3, 0.4) is 0 Å². The van der Waals surface area contributed by atoms with Gasteiger partial charge < -0.3 is 5.73 Å². The summed E-state index contributed by atoms with van der Waals surface area (Å²) in [5, 5.41) is 0.435. The Morgan fingerprint density at radius 3 is 2.30 bits per heavy atom. The van der Waals surface area contributed by atoms with Crippen LogP contribution in [0.1, 0.15) is 33.6 Å². The standard InChI is InChI=1S/C14H23ClN2O2S/c1-4-11(5-2)10-17(6-3)20(18,19)14-8-7-12(15)9-13(14)16/h7-9,11H,4-6,10,16H2,1-3H3. The van der Waals surface area contributed by atoms with E-state index in [-0.39, 0.29) is 10.6 Å². The lowest BCUT2D eigenvalue weighted by molar-refractivity contribution is 0.339. The first-order chi connectivity index (χ1) is 9.36. The van der Waals surface area contributed by atoms with Crippen molar-refractivity contribution in [3.63, 3.8) is 0 Å². The number of halogens is 1. The van der Waals surface area contributed by atoms with Crippen LogP contribution in [0.25, 0.3) is 0 Å². The predicted molar refractivity (Wildman–Crippen MR) is 84.4 cm³/mol. The normalized spacial score (nSPS) is 12.3. The van der Waals surface area contributed by atoms with Crippen LogP contribution in [0, 0.1) is 5.92 Å². The van der Waals surface area contributed by atoms with E-state index < -0.39 is 10.0 Å². The lowest BCUT2D eigenvalue weighted by atomic mass is 10.0. The summed E-state index contributed by atoms with van der Waals surface area (Å²) >= 11 is 5.82. The minimum Gasteiger partial charge on any atom is -0.398 e. The van der Waals surface area contributed by atoms with Crippen LogP contribution in [-0.4, -0.2) is 25.8 Å². The highest BCUT2D eigenvalue weighted by Gasteiger charge is 2.26. The molecule has 0 saturated carbocycles. The molecular weight excluding hydrogens is 296 g/mol. The number of nitrogen functional groups attached to an aromatic ring is 1. The molecule has 0 fully saturated rings. The van der Waals surface area contributed by atoms with Crippen LogP contribution in [0.15, 0.2) is 23.1 Å². The van der Waals surface area contributed by atoms with Crippen molar-refractivity contribution in [1.82, 2.24) is 4.31 Å². The topological polar surface area (TPSA) is 63.4 Å². The van der Waals surface area contributed by atoms with Crippen LogP contribution in [0.2, 0.25) is 5.02 Å². The summed E-state index contributed by atoms with van der Waals surface area (Å²) in [5.74, 6) is 0.359. The zero-order chi connectivity index (χ0) is 15.3. The summed E-state index contributed by atoms with van der Waals surface area (Å²) in [4.78, 5) is 0.134. The maximum absolute atomic E-state index is 12.7. The third kappa shape index (κ3) is 3.87. The maximum atomic E-state index is 12.7. The van der Waals surface area contributed by atoms with Crippen molar-refractivity contribution in [2.75, 3.05) is 18.8 Å². The molecule has 0 aromatic heterocycles. The van der Waals surface area contributed by atoms with Gasteiger partial charge in [0, 0.05) is 18.1 Å². The molecule has 20 heavy (non-hydrogen) atoms. The van der Waals surface area contributed by atoms with Gasteiger partial charge >= 0.3 is 0 Å². The Morgan fingerprint density at radius 2 is 1.85 bits per heavy atom. The predicted octanol–water partition coefficient (Wildman–Crippen LogP) is 3.37. The van der Waals surface area contributed by atoms with Crippen molar-refractivity contribution in [3.05, 3.63) is 23.2 Å². The highest BCUT2D eigenvalue weighted by atomic mass is 35.5. The SMILES string of the molecule is CCC(CC)CN(CC)S(=O)(=O)c1ccc(Cl)cc1N. The molecule has 0 unspecified atom stereocenters. The van der Waals surface area contributed by atoms with E-state index in [4.69, 9.17) is 17.3 Å². The molecule has 0 aliphatic rings. The van der Waals surface area contributed by atoms with E-state index in [1.165, 1.54) is 16.4 Å². The number of hydrogen-bond acceptors (Lipinski definition) is 3. The fourth-order valence-corrected chi connectivity index (χ4v) is 3.93. The van der Waals surface area contributed by atoms with Crippen molar-refractivity contribution in [1.29, 1.82) is 0 Å². The molecule has 0 aliphatic carbocycles. The minimum atomic E-state index is -3.56. The molecular formula is C14H23ClN2O2S. The van der Waals surface area contributed by atoms with Crippen molar-refractivity contribution in [2.24, 2.45) is 5.92 Å². The lowest BCUT2D eigenvalue weighted by Gasteiger charge is -2.25. The van der Waals surface area contributed by atoms with Gasteiger partial charge in [0.05, 0.1) is 5.69 Å². The number of benzene rings is 1. The molecule has 2 N–H and O–H groups in total. The Balaban J connectivity index is 3.11. The van der Waals surface area contributed by atoms with Crippen LogP contribution >= 0.6 is 11.6 Å². The van der Waals surface area contributed by atoms with E-state index >= 15 is 0 Å². The molecule has 0 saturated heterocycles. The van der Waals surface area contributed by atoms with E-state index in [9.17, 15) is 8.42 Å². The van der Waals surface area contributed by atoms with Crippen LogP contribution in [-0.2, 0) is 10.0 Å². The second-order valence-corrected chi connectivity index (χ2v) is 7.16. The minimum absolute atomic E-state index is 0.134. The Hall–Kier alpha value is -0.780. The summed E-state index contributed by atoms with van der Waals surface area (Å²) in [6, 6.07) is 4.50. The van der Waals surface area contributed by atoms with Gasteiger partial charge in [-0.2, -0.15) is 4.31 Å². The van der Waals surface area contributed by atoms with Gasteiger partial charge in [0.15, 0.2) is 0 Å². The molecule has 0 bridgehead atoms. The average molecular weight is 319 g/mol. The number of nitrogens with two attached hydrogens (primary N) is 1. The molecule has 114 valence electrons. The van der Waals surface area contributed by atoms with Crippen LogP contribution in [0.4, 0.5) is 5.69 Å². The smallest absolute Gasteiger partial charge is 0.245 e. The van der Waals surface area contributed by atoms with Gasteiger partial charge in [-0.05, 0) is 24.1 Å². The van der Waals surface area contributed by atoms with Gasteiger partial charge in [-0.1, -0.05) is 45.2 Å². The zero-order valence-electron chi connectivity index (χ0n) is 12.3. The molecule has 0 aliphatic heterocycles. The highest BCUT2D eigenvalue weighted by Crippen LogP contribution is 2.26. The highest BCUT2D eigenvalue weighted by molar-refractivity contribution is 7.89. The number of hydrogen-bond donors (Lipinski definition) is 1. The average Bonchev–Trinajstić information content (AvgIpc) is 2.39. The van der Waals surface area contributed by atoms with E-state index in [1.807, 2.05) is 6.92 Å². The zero-order valence-corrected chi connectivity index (χ0v) is 13.8. The van der Waals surface area contributed by atoms with Crippen molar-refractivity contribution < 1.29 is 8.42 Å². The number of sulfonamides is 1. The van der Waals surface area contributed by atoms with Crippen molar-refractivity contribution in [2.45, 2.75) is 38.5 Å². The summed E-state index contributed by atoms with van der Waals surface area (Å²) in [5.41, 5.74) is 6.00. The molecule has 1 aromatic rings. The van der Waals surface area contributed by atoms with Gasteiger partial charge in [0.25, 0.3) is 0 Å². The van der Waals surface area contributed by atoms with Crippen LogP contribution < -0.4 is 5.73 Å². The molecule has 0 heterocycles. The van der Waals surface area contributed by atoms with Crippen LogP contribution in [0.5, 0.6) is 0 Å². The van der Waals surface area contributed by atoms with E-state index in [2.05, 4.69) is 13.8 Å². The molecule has 1 aromatic carbocycles. The molecule has 1 rings (SSSR count). The van der Waals surface area contributed by atoms with Gasteiger partial charge in [-0.25, -0.2) is 8.42 Å². The summed E-state index contributed by atoms with van der Waals surface area (Å²) in [6.07, 6.45) is 1.91. The number of anilines is 1. The molecule has 0 spiro atoms. The Morgan fingerprint density at radius 1 is 1.25 bits per heavy atom. The second kappa shape index (κ2) is 7.29. The third-order valence-corrected chi connectivity index (χ3v) is 5.81. The molecule has 6 heteroatoms.